The van der Waals surface area contributed by atoms with E-state index in [1.165, 1.54) is 19.3 Å². The summed E-state index contributed by atoms with van der Waals surface area (Å²) in [4.78, 5) is 18.8. The van der Waals surface area contributed by atoms with Gasteiger partial charge in [0.15, 0.2) is 5.96 Å². The Kier molecular flexibility index (Phi) is 6.91. The van der Waals surface area contributed by atoms with Crippen LogP contribution in [0.25, 0.3) is 0 Å². The number of aromatic nitrogens is 3. The van der Waals surface area contributed by atoms with Gasteiger partial charge in [-0.25, -0.2) is 0 Å². The first kappa shape index (κ1) is 20.6. The third-order valence-corrected chi connectivity index (χ3v) is 6.07. The maximum atomic E-state index is 12.7. The van der Waals surface area contributed by atoms with Gasteiger partial charge in [-0.1, -0.05) is 19.3 Å². The molecule has 2 aliphatic rings. The molecule has 8 nitrogen and oxygen atoms in total. The lowest BCUT2D eigenvalue weighted by molar-refractivity contribution is -0.138. The van der Waals surface area contributed by atoms with Crippen molar-refractivity contribution in [2.75, 3.05) is 34.2 Å². The number of nitrogens with zero attached hydrogens (tertiary/aromatic N) is 5. The Morgan fingerprint density at radius 3 is 2.64 bits per heavy atom. The van der Waals surface area contributed by atoms with Crippen LogP contribution in [0, 0.1) is 5.41 Å². The summed E-state index contributed by atoms with van der Waals surface area (Å²) in [5, 5.41) is 15.5. The van der Waals surface area contributed by atoms with Crippen molar-refractivity contribution < 1.29 is 4.79 Å². The van der Waals surface area contributed by atoms with E-state index in [4.69, 9.17) is 0 Å². The Bertz CT molecular complexity index is 689. The maximum Gasteiger partial charge on any atom is 0.230 e. The Morgan fingerprint density at radius 2 is 1.93 bits per heavy atom. The van der Waals surface area contributed by atoms with E-state index in [1.807, 2.05) is 14.1 Å². The van der Waals surface area contributed by atoms with Gasteiger partial charge in [0.25, 0.3) is 0 Å². The molecule has 3 rings (SSSR count). The molecule has 1 aromatic rings. The summed E-state index contributed by atoms with van der Waals surface area (Å²) in [7, 11) is 5.46. The number of carbonyl (C=O) groups is 1. The van der Waals surface area contributed by atoms with Crippen LogP contribution in [0.1, 0.15) is 56.6 Å². The Morgan fingerprint density at radius 1 is 1.14 bits per heavy atom. The molecule has 1 fully saturated rings. The van der Waals surface area contributed by atoms with Gasteiger partial charge in [-0.3, -0.25) is 9.79 Å². The molecule has 2 N–H and O–H groups in total. The second-order valence-electron chi connectivity index (χ2n) is 8.28. The van der Waals surface area contributed by atoms with Crippen LogP contribution < -0.4 is 10.6 Å². The first-order chi connectivity index (χ1) is 13.6. The first-order valence-corrected chi connectivity index (χ1v) is 10.6. The smallest absolute Gasteiger partial charge is 0.230 e. The Balaban J connectivity index is 1.51. The van der Waals surface area contributed by atoms with Crippen LogP contribution in [0.15, 0.2) is 4.99 Å². The van der Waals surface area contributed by atoms with Crippen LogP contribution in [0.4, 0.5) is 0 Å². The van der Waals surface area contributed by atoms with Gasteiger partial charge < -0.3 is 20.1 Å². The fraction of sp³-hybridized carbons (Fsp3) is 0.800. The van der Waals surface area contributed by atoms with E-state index in [0.29, 0.717) is 6.54 Å². The van der Waals surface area contributed by atoms with E-state index < -0.39 is 0 Å². The number of carbonyl (C=O) groups excluding carboxylic acids is 1. The monoisotopic (exact) mass is 389 g/mol. The zero-order valence-electron chi connectivity index (χ0n) is 17.6. The number of aryl methyl sites for hydroxylation is 1. The van der Waals surface area contributed by atoms with Crippen LogP contribution in [0.2, 0.25) is 0 Å². The molecule has 1 aromatic heterocycles. The van der Waals surface area contributed by atoms with Crippen molar-refractivity contribution in [2.24, 2.45) is 10.4 Å². The zero-order chi connectivity index (χ0) is 20.0. The summed E-state index contributed by atoms with van der Waals surface area (Å²) in [6, 6.07) is 0. The predicted molar refractivity (Wildman–Crippen MR) is 110 cm³/mol. The molecule has 0 spiro atoms. The number of nitrogens with one attached hydrogen (secondary N) is 2. The second-order valence-corrected chi connectivity index (χ2v) is 8.28. The van der Waals surface area contributed by atoms with Gasteiger partial charge in [-0.2, -0.15) is 0 Å². The summed E-state index contributed by atoms with van der Waals surface area (Å²) in [6.45, 7) is 2.40. The van der Waals surface area contributed by atoms with Crippen molar-refractivity contribution in [1.82, 2.24) is 30.3 Å². The lowest BCUT2D eigenvalue weighted by Gasteiger charge is -2.31. The van der Waals surface area contributed by atoms with Crippen molar-refractivity contribution in [2.45, 2.75) is 64.3 Å². The quantitative estimate of drug-likeness (QED) is 0.567. The summed E-state index contributed by atoms with van der Waals surface area (Å²) in [6.07, 6.45) is 9.65. The fourth-order valence-corrected chi connectivity index (χ4v) is 4.49. The van der Waals surface area contributed by atoms with Gasteiger partial charge in [0.1, 0.15) is 11.6 Å². The zero-order valence-corrected chi connectivity index (χ0v) is 17.6. The minimum Gasteiger partial charge on any atom is -0.356 e. The average molecular weight is 390 g/mol. The number of hydrogen-bond donors (Lipinski definition) is 2. The summed E-state index contributed by atoms with van der Waals surface area (Å²) >= 11 is 0. The number of amides is 1. The summed E-state index contributed by atoms with van der Waals surface area (Å²) in [5.41, 5.74) is -0.300. The van der Waals surface area contributed by atoms with Crippen molar-refractivity contribution in [3.63, 3.8) is 0 Å². The minimum absolute atomic E-state index is 0.221. The predicted octanol–water partition coefficient (Wildman–Crippen LogP) is 1.36. The van der Waals surface area contributed by atoms with Gasteiger partial charge in [0, 0.05) is 53.6 Å². The van der Waals surface area contributed by atoms with Crippen molar-refractivity contribution in [3.05, 3.63) is 11.6 Å². The molecule has 1 amide bonds. The molecule has 0 saturated heterocycles. The first-order valence-electron chi connectivity index (χ1n) is 10.6. The number of guanidine groups is 1. The molecule has 0 unspecified atom stereocenters. The molecular weight excluding hydrogens is 354 g/mol. The lowest BCUT2D eigenvalue weighted by atomic mass is 9.84. The van der Waals surface area contributed by atoms with E-state index in [1.54, 1.807) is 11.9 Å². The van der Waals surface area contributed by atoms with E-state index in [-0.39, 0.29) is 11.3 Å². The van der Waals surface area contributed by atoms with Crippen LogP contribution in [-0.4, -0.2) is 65.8 Å². The Labute approximate surface area is 168 Å². The van der Waals surface area contributed by atoms with Gasteiger partial charge in [-0.15, -0.1) is 10.2 Å². The third-order valence-electron chi connectivity index (χ3n) is 6.07. The largest absolute Gasteiger partial charge is 0.356 e. The molecule has 1 saturated carbocycles. The third kappa shape index (κ3) is 4.64. The topological polar surface area (TPSA) is 87.4 Å². The number of hydrogen-bond acceptors (Lipinski definition) is 4. The van der Waals surface area contributed by atoms with Crippen LogP contribution in [0.5, 0.6) is 0 Å². The van der Waals surface area contributed by atoms with Crippen LogP contribution in [0.3, 0.4) is 0 Å². The normalized spacial score (nSPS) is 19.0. The molecule has 1 aliphatic heterocycles. The highest BCUT2D eigenvalue weighted by Gasteiger charge is 2.42. The molecule has 0 atom stereocenters. The molecule has 0 radical (unpaired) electrons. The molecular formula is C20H35N7O. The van der Waals surface area contributed by atoms with Crippen molar-refractivity contribution >= 4 is 11.9 Å². The molecule has 2 heterocycles. The second kappa shape index (κ2) is 9.39. The van der Waals surface area contributed by atoms with E-state index in [0.717, 1.165) is 69.2 Å². The van der Waals surface area contributed by atoms with Gasteiger partial charge in [0.2, 0.25) is 5.91 Å². The van der Waals surface area contributed by atoms with Crippen LogP contribution >= 0.6 is 0 Å². The number of aliphatic imine (C=N–C) groups is 1. The molecule has 8 heteroatoms. The van der Waals surface area contributed by atoms with E-state index in [2.05, 4.69) is 30.4 Å². The van der Waals surface area contributed by atoms with Crippen molar-refractivity contribution in [1.29, 1.82) is 0 Å². The fourth-order valence-electron chi connectivity index (χ4n) is 4.49. The summed E-state index contributed by atoms with van der Waals surface area (Å²) < 4.78 is 2.29. The number of fused-ring (bicyclic) bond motifs is 1. The van der Waals surface area contributed by atoms with E-state index >= 15 is 0 Å². The summed E-state index contributed by atoms with van der Waals surface area (Å²) in [5.74, 6) is 3.14. The van der Waals surface area contributed by atoms with Gasteiger partial charge in [-0.05, 0) is 25.7 Å². The van der Waals surface area contributed by atoms with Gasteiger partial charge >= 0.3 is 0 Å². The molecule has 0 bridgehead atoms. The lowest BCUT2D eigenvalue weighted by Crippen LogP contribution is -2.49. The van der Waals surface area contributed by atoms with Gasteiger partial charge in [0.05, 0.1) is 5.41 Å². The highest BCUT2D eigenvalue weighted by Crippen LogP contribution is 2.38. The SMILES string of the molecule is CN=C(NCCc1nnc2n1CCCCC2)NCC1(C(=O)N(C)C)CCCC1. The number of rotatable bonds is 6. The van der Waals surface area contributed by atoms with Crippen LogP contribution in [-0.2, 0) is 24.2 Å². The Hall–Kier alpha value is -2.12. The maximum absolute atomic E-state index is 12.7. The van der Waals surface area contributed by atoms with E-state index in [9.17, 15) is 4.79 Å². The molecule has 0 aromatic carbocycles. The van der Waals surface area contributed by atoms with Crippen molar-refractivity contribution in [3.8, 4) is 0 Å². The standard InChI is InChI=1S/C20H35N7O/c1-21-19(23-15-20(11-6-7-12-20)18(28)26(2)3)22-13-10-17-25-24-16-9-5-4-8-14-27(16)17/h4-15H2,1-3H3,(H2,21,22,23). The average Bonchev–Trinajstić information content (AvgIpc) is 3.25. The molecule has 156 valence electrons. The highest BCUT2D eigenvalue weighted by molar-refractivity contribution is 5.85. The molecule has 28 heavy (non-hydrogen) atoms. The highest BCUT2D eigenvalue weighted by atomic mass is 16.2. The minimum atomic E-state index is -0.300. The molecule has 1 aliphatic carbocycles.